The number of likely N-dealkylation sites (tertiary alicyclic amines) is 1. The van der Waals surface area contributed by atoms with Crippen LogP contribution in [0, 0.1) is 5.82 Å². The summed E-state index contributed by atoms with van der Waals surface area (Å²) in [5.41, 5.74) is 1.67. The highest BCUT2D eigenvalue weighted by atomic mass is 19.1. The Morgan fingerprint density at radius 3 is 2.31 bits per heavy atom. The van der Waals surface area contributed by atoms with Crippen LogP contribution in [-0.4, -0.2) is 49.6 Å². The molecule has 3 aromatic carbocycles. The molecule has 0 saturated carbocycles. The number of Topliss-reactive ketones (excluding diaryl/α,β-unsaturated/α-hetero) is 1. The van der Waals surface area contributed by atoms with E-state index in [9.17, 15) is 19.1 Å². The molecule has 1 unspecified atom stereocenters. The molecule has 0 radical (unpaired) electrons. The SMILES string of the molecule is COc1cccc(/C(O)=C2/C(=O)C(=O)N(CCc3ccc(F)cc3)C2c2ccc(OC)c(OC)c2)c1. The molecule has 8 heteroatoms. The first-order chi connectivity index (χ1) is 17.4. The predicted molar refractivity (Wildman–Crippen MR) is 132 cm³/mol. The van der Waals surface area contributed by atoms with Gasteiger partial charge >= 0.3 is 0 Å². The number of rotatable bonds is 8. The number of ketones is 1. The number of ether oxygens (including phenoxy) is 3. The van der Waals surface area contributed by atoms with Crippen molar-refractivity contribution in [3.8, 4) is 17.2 Å². The Hall–Kier alpha value is -4.33. The summed E-state index contributed by atoms with van der Waals surface area (Å²) in [6.45, 7) is 0.171. The molecule has 1 N–H and O–H groups in total. The van der Waals surface area contributed by atoms with Crippen molar-refractivity contribution >= 4 is 17.4 Å². The zero-order valence-corrected chi connectivity index (χ0v) is 20.2. The van der Waals surface area contributed by atoms with E-state index in [0.29, 0.717) is 34.8 Å². The maximum absolute atomic E-state index is 13.3. The van der Waals surface area contributed by atoms with Crippen molar-refractivity contribution in [2.24, 2.45) is 0 Å². The average molecular weight is 492 g/mol. The molecule has 1 atom stereocenters. The average Bonchev–Trinajstić information content (AvgIpc) is 3.16. The first-order valence-corrected chi connectivity index (χ1v) is 11.3. The molecule has 0 bridgehead atoms. The fraction of sp³-hybridized carbons (Fsp3) is 0.214. The molecule has 186 valence electrons. The van der Waals surface area contributed by atoms with Crippen molar-refractivity contribution in [2.75, 3.05) is 27.9 Å². The van der Waals surface area contributed by atoms with Gasteiger partial charge in [-0.15, -0.1) is 0 Å². The lowest BCUT2D eigenvalue weighted by Crippen LogP contribution is -2.31. The molecular weight excluding hydrogens is 465 g/mol. The van der Waals surface area contributed by atoms with Gasteiger partial charge in [0.1, 0.15) is 17.3 Å². The zero-order valence-electron chi connectivity index (χ0n) is 20.2. The molecule has 4 rings (SSSR count). The minimum atomic E-state index is -0.878. The first kappa shape index (κ1) is 24.8. The van der Waals surface area contributed by atoms with Gasteiger partial charge in [-0.1, -0.05) is 30.3 Å². The second-order valence-electron chi connectivity index (χ2n) is 8.22. The summed E-state index contributed by atoms with van der Waals surface area (Å²) >= 11 is 0. The molecule has 1 amide bonds. The molecule has 0 spiro atoms. The number of carbonyl (C=O) groups is 2. The van der Waals surface area contributed by atoms with Crippen LogP contribution in [0.15, 0.2) is 72.3 Å². The molecular formula is C28H26FNO6. The van der Waals surface area contributed by atoms with Crippen LogP contribution in [0.3, 0.4) is 0 Å². The van der Waals surface area contributed by atoms with Crippen LogP contribution in [0.5, 0.6) is 17.2 Å². The number of carbonyl (C=O) groups excluding carboxylic acids is 2. The van der Waals surface area contributed by atoms with Crippen molar-refractivity contribution in [3.63, 3.8) is 0 Å². The quantitative estimate of drug-likeness (QED) is 0.283. The number of hydrogen-bond acceptors (Lipinski definition) is 6. The highest BCUT2D eigenvalue weighted by molar-refractivity contribution is 6.46. The largest absolute Gasteiger partial charge is 0.507 e. The fourth-order valence-electron chi connectivity index (χ4n) is 4.31. The number of nitrogens with zero attached hydrogens (tertiary/aromatic N) is 1. The van der Waals surface area contributed by atoms with E-state index in [2.05, 4.69) is 0 Å². The Morgan fingerprint density at radius 1 is 0.917 bits per heavy atom. The summed E-state index contributed by atoms with van der Waals surface area (Å²) in [5.74, 6) is -0.806. The minimum Gasteiger partial charge on any atom is -0.507 e. The van der Waals surface area contributed by atoms with Gasteiger partial charge in [-0.2, -0.15) is 0 Å². The Kier molecular flexibility index (Phi) is 7.24. The number of methoxy groups -OCH3 is 3. The molecule has 0 aromatic heterocycles. The van der Waals surface area contributed by atoms with Gasteiger partial charge in [0, 0.05) is 12.1 Å². The van der Waals surface area contributed by atoms with E-state index in [1.54, 1.807) is 54.6 Å². The minimum absolute atomic E-state index is 0.0421. The van der Waals surface area contributed by atoms with Crippen LogP contribution in [0.4, 0.5) is 4.39 Å². The summed E-state index contributed by atoms with van der Waals surface area (Å²) in [6, 6.07) is 16.8. The fourth-order valence-corrected chi connectivity index (χ4v) is 4.31. The van der Waals surface area contributed by atoms with Crippen LogP contribution in [-0.2, 0) is 16.0 Å². The van der Waals surface area contributed by atoms with Crippen LogP contribution >= 0.6 is 0 Å². The second-order valence-corrected chi connectivity index (χ2v) is 8.22. The standard InChI is InChI=1S/C28H26FNO6/c1-34-21-6-4-5-19(15-21)26(31)24-25(18-9-12-22(35-2)23(16-18)36-3)30(28(33)27(24)32)14-13-17-7-10-20(29)11-8-17/h4-12,15-16,25,31H,13-14H2,1-3H3/b26-24-. The Balaban J connectivity index is 1.82. The molecule has 1 aliphatic heterocycles. The maximum Gasteiger partial charge on any atom is 0.295 e. The van der Waals surface area contributed by atoms with E-state index < -0.39 is 17.7 Å². The van der Waals surface area contributed by atoms with Crippen molar-refractivity contribution < 1.29 is 33.3 Å². The van der Waals surface area contributed by atoms with E-state index >= 15 is 0 Å². The molecule has 3 aromatic rings. The predicted octanol–water partition coefficient (Wildman–Crippen LogP) is 4.52. The van der Waals surface area contributed by atoms with Gasteiger partial charge in [-0.25, -0.2) is 4.39 Å². The normalized spacial score (nSPS) is 16.8. The van der Waals surface area contributed by atoms with Gasteiger partial charge < -0.3 is 24.2 Å². The van der Waals surface area contributed by atoms with Crippen LogP contribution in [0.25, 0.3) is 5.76 Å². The number of hydrogen-bond donors (Lipinski definition) is 1. The molecule has 1 fully saturated rings. The highest BCUT2D eigenvalue weighted by Gasteiger charge is 2.46. The monoisotopic (exact) mass is 491 g/mol. The van der Waals surface area contributed by atoms with Crippen molar-refractivity contribution in [1.29, 1.82) is 0 Å². The van der Waals surface area contributed by atoms with E-state index in [-0.39, 0.29) is 23.7 Å². The Labute approximate surface area is 208 Å². The summed E-state index contributed by atoms with van der Waals surface area (Å²) < 4.78 is 29.3. The number of aliphatic hydroxyl groups excluding tert-OH is 1. The molecule has 1 saturated heterocycles. The van der Waals surface area contributed by atoms with Gasteiger partial charge in [0.25, 0.3) is 11.7 Å². The Morgan fingerprint density at radius 2 is 1.64 bits per heavy atom. The lowest BCUT2D eigenvalue weighted by atomic mass is 9.94. The van der Waals surface area contributed by atoms with Crippen LogP contribution < -0.4 is 14.2 Å². The van der Waals surface area contributed by atoms with Crippen molar-refractivity contribution in [1.82, 2.24) is 4.90 Å². The van der Waals surface area contributed by atoms with Crippen LogP contribution in [0.1, 0.15) is 22.7 Å². The van der Waals surface area contributed by atoms with Gasteiger partial charge in [0.15, 0.2) is 11.5 Å². The van der Waals surface area contributed by atoms with Gasteiger partial charge in [-0.05, 0) is 53.9 Å². The topological polar surface area (TPSA) is 85.3 Å². The highest BCUT2D eigenvalue weighted by Crippen LogP contribution is 2.42. The molecule has 1 heterocycles. The maximum atomic E-state index is 13.3. The smallest absolute Gasteiger partial charge is 0.295 e. The van der Waals surface area contributed by atoms with Crippen molar-refractivity contribution in [3.05, 3.63) is 94.8 Å². The second kappa shape index (κ2) is 10.5. The lowest BCUT2D eigenvalue weighted by molar-refractivity contribution is -0.139. The first-order valence-electron chi connectivity index (χ1n) is 11.3. The zero-order chi connectivity index (χ0) is 25.8. The third-order valence-corrected chi connectivity index (χ3v) is 6.16. The molecule has 36 heavy (non-hydrogen) atoms. The summed E-state index contributed by atoms with van der Waals surface area (Å²) in [4.78, 5) is 27.9. The van der Waals surface area contributed by atoms with E-state index in [1.807, 2.05) is 0 Å². The Bertz CT molecular complexity index is 1320. The van der Waals surface area contributed by atoms with E-state index in [0.717, 1.165) is 5.56 Å². The van der Waals surface area contributed by atoms with Crippen LogP contribution in [0.2, 0.25) is 0 Å². The van der Waals surface area contributed by atoms with Crippen molar-refractivity contribution in [2.45, 2.75) is 12.5 Å². The molecule has 0 aliphatic carbocycles. The summed E-state index contributed by atoms with van der Waals surface area (Å²) in [6.07, 6.45) is 0.385. The molecule has 1 aliphatic rings. The lowest BCUT2D eigenvalue weighted by Gasteiger charge is -2.26. The van der Waals surface area contributed by atoms with E-state index in [1.165, 1.54) is 38.4 Å². The number of halogens is 1. The third-order valence-electron chi connectivity index (χ3n) is 6.16. The number of benzene rings is 3. The van der Waals surface area contributed by atoms with Gasteiger partial charge in [0.05, 0.1) is 32.9 Å². The summed E-state index contributed by atoms with van der Waals surface area (Å²) in [5, 5.41) is 11.2. The van der Waals surface area contributed by atoms with Gasteiger partial charge in [0.2, 0.25) is 0 Å². The third kappa shape index (κ3) is 4.75. The summed E-state index contributed by atoms with van der Waals surface area (Å²) in [7, 11) is 4.50. The molecule has 7 nitrogen and oxygen atoms in total. The van der Waals surface area contributed by atoms with Gasteiger partial charge in [-0.3, -0.25) is 9.59 Å². The number of amides is 1. The number of aliphatic hydroxyl groups is 1. The van der Waals surface area contributed by atoms with E-state index in [4.69, 9.17) is 14.2 Å².